The molecule has 142 valence electrons. The molecule has 5 heteroatoms. The van der Waals surface area contributed by atoms with Gasteiger partial charge in [0, 0.05) is 31.1 Å². The number of rotatable bonds is 7. The van der Waals surface area contributed by atoms with Gasteiger partial charge in [-0.2, -0.15) is 5.10 Å². The Kier molecular flexibility index (Phi) is 7.74. The molecule has 0 unspecified atom stereocenters. The molecule has 0 atom stereocenters. The van der Waals surface area contributed by atoms with E-state index < -0.39 is 0 Å². The smallest absolute Gasteiger partial charge is 0.272 e. The first-order chi connectivity index (χ1) is 13.2. The normalized spacial score (nSPS) is 10.3. The van der Waals surface area contributed by atoms with Crippen LogP contribution in [0.3, 0.4) is 0 Å². The van der Waals surface area contributed by atoms with Gasteiger partial charge in [0.2, 0.25) is 0 Å². The number of aromatic amines is 1. The maximum atomic E-state index is 11.9. The molecule has 2 aromatic carbocycles. The second kappa shape index (κ2) is 10.3. The lowest BCUT2D eigenvalue weighted by Gasteiger charge is -2.20. The first-order valence-electron chi connectivity index (χ1n) is 9.24. The Morgan fingerprint density at radius 1 is 1.04 bits per heavy atom. The van der Waals surface area contributed by atoms with Crippen LogP contribution in [-0.4, -0.2) is 30.6 Å². The summed E-state index contributed by atoms with van der Waals surface area (Å²) < 4.78 is 0. The van der Waals surface area contributed by atoms with Crippen molar-refractivity contribution in [2.45, 2.75) is 32.6 Å². The number of hydrogen-bond acceptors (Lipinski definition) is 4. The molecule has 0 aliphatic carbocycles. The summed E-state index contributed by atoms with van der Waals surface area (Å²) in [7, 11) is 2.14. The van der Waals surface area contributed by atoms with Crippen LogP contribution in [0.25, 0.3) is 10.8 Å². The first-order valence-corrected chi connectivity index (χ1v) is 9.24. The maximum absolute atomic E-state index is 11.9. The summed E-state index contributed by atoms with van der Waals surface area (Å²) in [5.74, 6) is 0. The Hall–Kier alpha value is -2.95. The zero-order chi connectivity index (χ0) is 19.6. The quantitative estimate of drug-likeness (QED) is 0.644. The number of carbonyl (C=O) groups is 1. The Labute approximate surface area is 160 Å². The number of hydrogen-bond donors (Lipinski definition) is 1. The second-order valence-electron chi connectivity index (χ2n) is 6.52. The first kappa shape index (κ1) is 20.4. The molecular weight excluding hydrogens is 338 g/mol. The highest BCUT2D eigenvalue weighted by molar-refractivity contribution is 5.83. The number of benzene rings is 2. The van der Waals surface area contributed by atoms with E-state index in [2.05, 4.69) is 53.3 Å². The zero-order valence-corrected chi connectivity index (χ0v) is 16.1. The van der Waals surface area contributed by atoms with E-state index in [1.54, 1.807) is 0 Å². The van der Waals surface area contributed by atoms with E-state index in [4.69, 9.17) is 4.79 Å². The molecule has 27 heavy (non-hydrogen) atoms. The summed E-state index contributed by atoms with van der Waals surface area (Å²) >= 11 is 0. The fraction of sp³-hybridized carbons (Fsp3) is 0.318. The van der Waals surface area contributed by atoms with E-state index in [0.717, 1.165) is 17.6 Å². The largest absolute Gasteiger partial charge is 0.375 e. The summed E-state index contributed by atoms with van der Waals surface area (Å²) in [5, 5.41) is 8.52. The van der Waals surface area contributed by atoms with Crippen molar-refractivity contribution in [3.05, 3.63) is 70.1 Å². The van der Waals surface area contributed by atoms with Crippen LogP contribution in [0, 0.1) is 0 Å². The molecule has 3 aromatic rings. The minimum absolute atomic E-state index is 0.135. The molecule has 0 bridgehead atoms. The SMILES string of the molecule is C=O.CCCCCN(C)c1cccc(Cc2n[nH]c(=O)c3ccccc23)c1. The van der Waals surface area contributed by atoms with Crippen LogP contribution in [0.5, 0.6) is 0 Å². The monoisotopic (exact) mass is 365 g/mol. The summed E-state index contributed by atoms with van der Waals surface area (Å²) in [6, 6.07) is 16.2. The topological polar surface area (TPSA) is 66.1 Å². The van der Waals surface area contributed by atoms with Gasteiger partial charge >= 0.3 is 0 Å². The number of fused-ring (bicyclic) bond motifs is 1. The predicted molar refractivity (Wildman–Crippen MR) is 112 cm³/mol. The van der Waals surface area contributed by atoms with Crippen LogP contribution in [-0.2, 0) is 11.2 Å². The van der Waals surface area contributed by atoms with Gasteiger partial charge in [0.1, 0.15) is 6.79 Å². The summed E-state index contributed by atoms with van der Waals surface area (Å²) in [5.41, 5.74) is 3.19. The minimum atomic E-state index is -0.135. The number of anilines is 1. The number of aromatic nitrogens is 2. The molecule has 0 radical (unpaired) electrons. The molecule has 1 N–H and O–H groups in total. The highest BCUT2D eigenvalue weighted by Crippen LogP contribution is 2.20. The van der Waals surface area contributed by atoms with Gasteiger partial charge in [-0.3, -0.25) is 4.79 Å². The van der Waals surface area contributed by atoms with Crippen molar-refractivity contribution in [2.24, 2.45) is 0 Å². The van der Waals surface area contributed by atoms with Crippen LogP contribution in [0.1, 0.15) is 37.4 Å². The number of unbranched alkanes of at least 4 members (excludes halogenated alkanes) is 2. The van der Waals surface area contributed by atoms with Crippen LogP contribution in [0.15, 0.2) is 53.3 Å². The standard InChI is InChI=1S/C21H25N3O.CH2O/c1-3-4-7-13-24(2)17-10-8-9-16(14-17)15-20-18-11-5-6-12-19(18)21(25)23-22-20;1-2/h5-6,8-12,14H,3-4,7,13,15H2,1-2H3,(H,23,25);1H2. The van der Waals surface area contributed by atoms with Crippen molar-refractivity contribution in [1.82, 2.24) is 10.2 Å². The third-order valence-corrected chi connectivity index (χ3v) is 4.59. The van der Waals surface area contributed by atoms with Gasteiger partial charge in [0.25, 0.3) is 5.56 Å². The lowest BCUT2D eigenvalue weighted by Crippen LogP contribution is -2.18. The van der Waals surface area contributed by atoms with E-state index in [0.29, 0.717) is 11.8 Å². The van der Waals surface area contributed by atoms with E-state index in [9.17, 15) is 4.79 Å². The average molecular weight is 365 g/mol. The van der Waals surface area contributed by atoms with Crippen molar-refractivity contribution in [3.63, 3.8) is 0 Å². The second-order valence-corrected chi connectivity index (χ2v) is 6.52. The number of carbonyl (C=O) groups excluding carboxylic acids is 1. The highest BCUT2D eigenvalue weighted by atomic mass is 16.1. The van der Waals surface area contributed by atoms with Gasteiger partial charge in [-0.25, -0.2) is 5.10 Å². The van der Waals surface area contributed by atoms with Crippen molar-refractivity contribution in [1.29, 1.82) is 0 Å². The van der Waals surface area contributed by atoms with E-state index in [-0.39, 0.29) is 5.56 Å². The number of H-pyrrole nitrogens is 1. The molecule has 0 saturated carbocycles. The molecule has 0 amide bonds. The Morgan fingerprint density at radius 3 is 2.52 bits per heavy atom. The average Bonchev–Trinajstić information content (AvgIpc) is 2.72. The summed E-state index contributed by atoms with van der Waals surface area (Å²) in [6.45, 7) is 5.29. The summed E-state index contributed by atoms with van der Waals surface area (Å²) in [4.78, 5) is 22.2. The molecule has 0 fully saturated rings. The van der Waals surface area contributed by atoms with Crippen LogP contribution < -0.4 is 10.5 Å². The third kappa shape index (κ3) is 5.26. The van der Waals surface area contributed by atoms with Gasteiger partial charge in [-0.1, -0.05) is 50.1 Å². The Bertz CT molecular complexity index is 921. The van der Waals surface area contributed by atoms with E-state index in [1.165, 1.54) is 30.5 Å². The molecule has 3 rings (SSSR count). The molecule has 0 aliphatic rings. The highest BCUT2D eigenvalue weighted by Gasteiger charge is 2.08. The van der Waals surface area contributed by atoms with Crippen molar-refractivity contribution in [2.75, 3.05) is 18.5 Å². The molecular formula is C22H27N3O2. The van der Waals surface area contributed by atoms with Crippen molar-refractivity contribution < 1.29 is 4.79 Å². The molecule has 1 heterocycles. The third-order valence-electron chi connectivity index (χ3n) is 4.59. The van der Waals surface area contributed by atoms with Gasteiger partial charge in [0.15, 0.2) is 0 Å². The van der Waals surface area contributed by atoms with Crippen LogP contribution in [0.2, 0.25) is 0 Å². The molecule has 0 aliphatic heterocycles. The van der Waals surface area contributed by atoms with Gasteiger partial charge in [-0.05, 0) is 30.2 Å². The maximum Gasteiger partial charge on any atom is 0.272 e. The van der Waals surface area contributed by atoms with Crippen LogP contribution in [0.4, 0.5) is 5.69 Å². The number of nitrogens with zero attached hydrogens (tertiary/aromatic N) is 2. The van der Waals surface area contributed by atoms with Gasteiger partial charge in [-0.15, -0.1) is 0 Å². The predicted octanol–water partition coefficient (Wildman–Crippen LogP) is 3.96. The molecule has 0 saturated heterocycles. The van der Waals surface area contributed by atoms with Gasteiger partial charge in [0.05, 0.1) is 11.1 Å². The molecule has 5 nitrogen and oxygen atoms in total. The minimum Gasteiger partial charge on any atom is -0.375 e. The fourth-order valence-corrected chi connectivity index (χ4v) is 3.13. The van der Waals surface area contributed by atoms with Crippen molar-refractivity contribution >= 4 is 23.2 Å². The lowest BCUT2D eigenvalue weighted by molar-refractivity contribution is -0.0979. The zero-order valence-electron chi connectivity index (χ0n) is 16.1. The Morgan fingerprint density at radius 2 is 1.78 bits per heavy atom. The van der Waals surface area contributed by atoms with Crippen LogP contribution >= 0.6 is 0 Å². The molecule has 1 aromatic heterocycles. The summed E-state index contributed by atoms with van der Waals surface area (Å²) in [6.07, 6.45) is 4.41. The van der Waals surface area contributed by atoms with E-state index >= 15 is 0 Å². The van der Waals surface area contributed by atoms with E-state index in [1.807, 2.05) is 31.1 Å². The van der Waals surface area contributed by atoms with Gasteiger partial charge < -0.3 is 9.69 Å². The number of nitrogens with one attached hydrogen (secondary N) is 1. The lowest BCUT2D eigenvalue weighted by atomic mass is 10.0. The fourth-order valence-electron chi connectivity index (χ4n) is 3.13. The Balaban J connectivity index is 0.00000126. The van der Waals surface area contributed by atoms with Crippen molar-refractivity contribution in [3.8, 4) is 0 Å². The molecule has 0 spiro atoms.